The van der Waals surface area contributed by atoms with Crippen molar-refractivity contribution < 1.29 is 14.0 Å². The van der Waals surface area contributed by atoms with Crippen LogP contribution in [-0.4, -0.2) is 23.9 Å². The molecule has 0 saturated carbocycles. The first kappa shape index (κ1) is 14.5. The number of hydrogen-bond acceptors (Lipinski definition) is 5. The van der Waals surface area contributed by atoms with Gasteiger partial charge in [0.15, 0.2) is 12.1 Å². The number of benzene rings is 2. The molecule has 120 valence electrons. The van der Waals surface area contributed by atoms with Crippen LogP contribution >= 0.6 is 0 Å². The van der Waals surface area contributed by atoms with Gasteiger partial charge in [-0.15, -0.1) is 0 Å². The lowest BCUT2D eigenvalue weighted by Gasteiger charge is -2.20. The average Bonchev–Trinajstić information content (AvgIpc) is 3.12. The minimum atomic E-state index is -0.901. The molecule has 24 heavy (non-hydrogen) atoms. The fourth-order valence-corrected chi connectivity index (χ4v) is 2.93. The quantitative estimate of drug-likeness (QED) is 0.798. The third-order valence-electron chi connectivity index (χ3n) is 4.22. The summed E-state index contributed by atoms with van der Waals surface area (Å²) in [6.07, 6.45) is 0. The van der Waals surface area contributed by atoms with Crippen LogP contribution in [0.1, 0.15) is 5.56 Å². The zero-order valence-corrected chi connectivity index (χ0v) is 12.8. The second-order valence-electron chi connectivity index (χ2n) is 5.72. The van der Waals surface area contributed by atoms with Gasteiger partial charge in [0, 0.05) is 0 Å². The summed E-state index contributed by atoms with van der Waals surface area (Å²) in [5.41, 5.74) is 1.33. The van der Waals surface area contributed by atoms with E-state index >= 15 is 0 Å². The van der Waals surface area contributed by atoms with Crippen LogP contribution in [0.15, 0.2) is 58.9 Å². The number of fused-ring (bicyclic) bond motifs is 1. The number of carbonyl (C=O) groups is 2. The van der Waals surface area contributed by atoms with Gasteiger partial charge >= 0.3 is 0 Å². The zero-order chi connectivity index (χ0) is 16.8. The van der Waals surface area contributed by atoms with Gasteiger partial charge in [0.2, 0.25) is 0 Å². The van der Waals surface area contributed by atoms with Crippen LogP contribution in [0.3, 0.4) is 0 Å². The van der Waals surface area contributed by atoms with Crippen molar-refractivity contribution in [1.82, 2.24) is 0 Å². The Hall–Kier alpha value is -3.09. The van der Waals surface area contributed by atoms with Crippen LogP contribution in [0, 0.1) is 12.7 Å². The topological polar surface area (TPSA) is 65.3 Å². The summed E-state index contributed by atoms with van der Waals surface area (Å²) < 4.78 is 13.8. The number of nitrogens with zero attached hydrogens (tertiary/aromatic N) is 4. The molecule has 0 spiro atoms. The summed E-state index contributed by atoms with van der Waals surface area (Å²) in [6.45, 7) is 1.62. The maximum atomic E-state index is 13.8. The second-order valence-corrected chi connectivity index (χ2v) is 5.72. The molecule has 2 aliphatic rings. The summed E-state index contributed by atoms with van der Waals surface area (Å²) in [5, 5.41) is 9.35. The molecule has 7 heteroatoms. The van der Waals surface area contributed by atoms with Gasteiger partial charge in [0.25, 0.3) is 11.8 Å². The van der Waals surface area contributed by atoms with Crippen LogP contribution in [-0.2, 0) is 9.59 Å². The number of hydrogen-bond donors (Lipinski definition) is 0. The van der Waals surface area contributed by atoms with Gasteiger partial charge in [-0.25, -0.2) is 14.3 Å². The molecule has 0 bridgehead atoms. The van der Waals surface area contributed by atoms with Crippen molar-refractivity contribution in [1.29, 1.82) is 0 Å². The van der Waals surface area contributed by atoms with Crippen molar-refractivity contribution in [2.45, 2.75) is 19.0 Å². The molecule has 6 nitrogen and oxygen atoms in total. The van der Waals surface area contributed by atoms with Crippen molar-refractivity contribution in [3.63, 3.8) is 0 Å². The predicted molar refractivity (Wildman–Crippen MR) is 85.0 cm³/mol. The van der Waals surface area contributed by atoms with Gasteiger partial charge in [0.1, 0.15) is 5.82 Å². The van der Waals surface area contributed by atoms with E-state index in [1.165, 1.54) is 17.1 Å². The minimum absolute atomic E-state index is 0.214. The van der Waals surface area contributed by atoms with E-state index in [9.17, 15) is 14.0 Å². The maximum absolute atomic E-state index is 13.8. The Bertz CT molecular complexity index is 868. The molecule has 2 aromatic rings. The fraction of sp³-hybridized carbons (Fsp3) is 0.176. The molecule has 0 aliphatic carbocycles. The molecular weight excluding hydrogens is 311 g/mol. The zero-order valence-electron chi connectivity index (χ0n) is 12.8. The van der Waals surface area contributed by atoms with Gasteiger partial charge in [-0.1, -0.05) is 29.5 Å². The highest BCUT2D eigenvalue weighted by Crippen LogP contribution is 2.35. The van der Waals surface area contributed by atoms with Gasteiger partial charge < -0.3 is 0 Å². The number of para-hydroxylation sites is 1. The normalized spacial score (nSPS) is 22.4. The van der Waals surface area contributed by atoms with E-state index in [1.807, 2.05) is 18.2 Å². The van der Waals surface area contributed by atoms with Crippen LogP contribution in [0.2, 0.25) is 0 Å². The molecule has 2 amide bonds. The Labute approximate surface area is 137 Å². The molecule has 2 aromatic carbocycles. The van der Waals surface area contributed by atoms with Gasteiger partial charge in [-0.3, -0.25) is 9.59 Å². The molecule has 2 heterocycles. The number of anilines is 2. The van der Waals surface area contributed by atoms with Crippen molar-refractivity contribution in [3.8, 4) is 0 Å². The molecule has 0 aromatic heterocycles. The van der Waals surface area contributed by atoms with Crippen molar-refractivity contribution in [2.75, 3.05) is 9.91 Å². The van der Waals surface area contributed by atoms with E-state index in [0.29, 0.717) is 11.3 Å². The summed E-state index contributed by atoms with van der Waals surface area (Å²) in [4.78, 5) is 26.4. The lowest BCUT2D eigenvalue weighted by atomic mass is 10.1. The Morgan fingerprint density at radius 3 is 2.46 bits per heavy atom. The summed E-state index contributed by atoms with van der Waals surface area (Å²) >= 11 is 0. The first-order chi connectivity index (χ1) is 11.6. The van der Waals surface area contributed by atoms with Gasteiger partial charge in [-0.05, 0) is 36.8 Å². The Morgan fingerprint density at radius 2 is 1.75 bits per heavy atom. The number of imide groups is 1. The van der Waals surface area contributed by atoms with Gasteiger partial charge in [0.05, 0.1) is 11.4 Å². The first-order valence-electron chi connectivity index (χ1n) is 7.47. The van der Waals surface area contributed by atoms with Crippen LogP contribution < -0.4 is 9.91 Å². The van der Waals surface area contributed by atoms with E-state index in [4.69, 9.17) is 0 Å². The largest absolute Gasteiger partial charge is 0.271 e. The standard InChI is InChI=1S/C17H13FN4O2/c1-10-7-8-12(9-13(10)18)21-16(23)14-15(17(21)24)22(20-19-14)11-5-3-2-4-6-11/h2-9,14-15H,1H3/t14-,15+/m1/s1. The number of rotatable bonds is 2. The van der Waals surface area contributed by atoms with Crippen LogP contribution in [0.25, 0.3) is 0 Å². The van der Waals surface area contributed by atoms with Gasteiger partial charge in [-0.2, -0.15) is 5.11 Å². The average molecular weight is 324 g/mol. The molecule has 0 N–H and O–H groups in total. The number of carbonyl (C=O) groups excluding carboxylic acids is 2. The van der Waals surface area contributed by atoms with Crippen LogP contribution in [0.4, 0.5) is 15.8 Å². The third kappa shape index (κ3) is 2.01. The summed E-state index contributed by atoms with van der Waals surface area (Å²) in [6, 6.07) is 11.6. The van der Waals surface area contributed by atoms with Crippen molar-refractivity contribution in [3.05, 3.63) is 59.9 Å². The fourth-order valence-electron chi connectivity index (χ4n) is 2.93. The minimum Gasteiger partial charge on any atom is -0.271 e. The second kappa shape index (κ2) is 5.23. The molecule has 2 atom stereocenters. The number of aryl methyl sites for hydroxylation is 1. The lowest BCUT2D eigenvalue weighted by molar-refractivity contribution is -0.121. The first-order valence-corrected chi connectivity index (χ1v) is 7.47. The molecule has 1 fully saturated rings. The number of amides is 2. The van der Waals surface area contributed by atoms with Crippen molar-refractivity contribution in [2.24, 2.45) is 10.3 Å². The highest BCUT2D eigenvalue weighted by molar-refractivity contribution is 6.26. The molecular formula is C17H13FN4O2. The van der Waals surface area contributed by atoms with E-state index in [0.717, 1.165) is 4.90 Å². The molecule has 4 rings (SSSR count). The maximum Gasteiger partial charge on any atom is 0.263 e. The highest BCUT2D eigenvalue weighted by atomic mass is 19.1. The number of halogens is 1. The summed E-state index contributed by atoms with van der Waals surface area (Å²) in [7, 11) is 0. The molecule has 0 radical (unpaired) electrons. The van der Waals surface area contributed by atoms with Crippen LogP contribution in [0.5, 0.6) is 0 Å². The molecule has 1 saturated heterocycles. The SMILES string of the molecule is Cc1ccc(N2C(=O)[C@@H]3[C@@H](N=NN3c3ccccc3)C2=O)cc1F. The van der Waals surface area contributed by atoms with Crippen molar-refractivity contribution >= 4 is 23.2 Å². The lowest BCUT2D eigenvalue weighted by Crippen LogP contribution is -2.39. The van der Waals surface area contributed by atoms with E-state index < -0.39 is 29.7 Å². The third-order valence-corrected chi connectivity index (χ3v) is 4.22. The monoisotopic (exact) mass is 324 g/mol. The Morgan fingerprint density at radius 1 is 1.00 bits per heavy atom. The molecule has 0 unspecified atom stereocenters. The van der Waals surface area contributed by atoms with E-state index in [-0.39, 0.29) is 5.69 Å². The summed E-state index contributed by atoms with van der Waals surface area (Å²) in [5.74, 6) is -1.41. The van der Waals surface area contributed by atoms with E-state index in [2.05, 4.69) is 10.3 Å². The molecule has 2 aliphatic heterocycles. The highest BCUT2D eigenvalue weighted by Gasteiger charge is 2.55. The predicted octanol–water partition coefficient (Wildman–Crippen LogP) is 2.63. The van der Waals surface area contributed by atoms with E-state index in [1.54, 1.807) is 25.1 Å². The Balaban J connectivity index is 1.72. The smallest absolute Gasteiger partial charge is 0.263 e. The Kier molecular flexibility index (Phi) is 3.16.